The SMILES string of the molecule is CS(=O)(=O)c1ccccc1Cn1c2cc(-c3ccccc3)c[c]c2c2c(C(N)=O)cccc21. The number of nitrogens with two attached hydrogens (primary N) is 1. The molecule has 2 N–H and O–H groups in total. The first-order valence-corrected chi connectivity index (χ1v) is 12.3. The highest BCUT2D eigenvalue weighted by atomic mass is 32.2. The molecule has 4 aromatic carbocycles. The summed E-state index contributed by atoms with van der Waals surface area (Å²) < 4.78 is 26.9. The Labute approximate surface area is 192 Å². The van der Waals surface area contributed by atoms with E-state index in [1.807, 2.05) is 59.2 Å². The summed E-state index contributed by atoms with van der Waals surface area (Å²) in [4.78, 5) is 12.5. The van der Waals surface area contributed by atoms with Crippen molar-refractivity contribution in [2.24, 2.45) is 5.73 Å². The molecular formula is C27H21N2O3S. The zero-order valence-corrected chi connectivity index (χ0v) is 18.8. The van der Waals surface area contributed by atoms with E-state index >= 15 is 0 Å². The second-order valence-corrected chi connectivity index (χ2v) is 10.0. The number of fused-ring (bicyclic) bond motifs is 3. The van der Waals surface area contributed by atoms with Crippen LogP contribution in [-0.2, 0) is 16.4 Å². The van der Waals surface area contributed by atoms with Crippen LogP contribution in [0.1, 0.15) is 15.9 Å². The van der Waals surface area contributed by atoms with Gasteiger partial charge in [0.2, 0.25) is 5.91 Å². The molecule has 33 heavy (non-hydrogen) atoms. The van der Waals surface area contributed by atoms with Crippen molar-refractivity contribution in [3.63, 3.8) is 0 Å². The van der Waals surface area contributed by atoms with Crippen molar-refractivity contribution in [2.45, 2.75) is 11.4 Å². The minimum Gasteiger partial charge on any atom is -0.366 e. The normalized spacial score (nSPS) is 11.8. The molecule has 0 spiro atoms. The minimum absolute atomic E-state index is 0.286. The third-order valence-electron chi connectivity index (χ3n) is 5.87. The number of hydrogen-bond acceptors (Lipinski definition) is 3. The van der Waals surface area contributed by atoms with Gasteiger partial charge in [0.05, 0.1) is 15.9 Å². The number of sulfone groups is 1. The molecule has 1 heterocycles. The lowest BCUT2D eigenvalue weighted by atomic mass is 10.0. The number of benzene rings is 4. The molecule has 0 bridgehead atoms. The van der Waals surface area contributed by atoms with E-state index < -0.39 is 15.7 Å². The summed E-state index contributed by atoms with van der Waals surface area (Å²) in [6, 6.07) is 29.7. The Hall–Kier alpha value is -3.90. The molecule has 5 nitrogen and oxygen atoms in total. The van der Waals surface area contributed by atoms with Gasteiger partial charge in [-0.1, -0.05) is 54.6 Å². The average Bonchev–Trinajstić information content (AvgIpc) is 3.12. The molecule has 0 atom stereocenters. The van der Waals surface area contributed by atoms with Crippen molar-refractivity contribution >= 4 is 37.6 Å². The fourth-order valence-corrected chi connectivity index (χ4v) is 5.33. The second-order valence-electron chi connectivity index (χ2n) is 8.04. The Balaban J connectivity index is 1.83. The predicted molar refractivity (Wildman–Crippen MR) is 131 cm³/mol. The third kappa shape index (κ3) is 3.68. The summed E-state index contributed by atoms with van der Waals surface area (Å²) in [5, 5.41) is 1.49. The molecule has 0 unspecified atom stereocenters. The maximum Gasteiger partial charge on any atom is 0.249 e. The fraction of sp³-hybridized carbons (Fsp3) is 0.0741. The van der Waals surface area contributed by atoms with Crippen LogP contribution in [0.25, 0.3) is 32.9 Å². The first-order valence-electron chi connectivity index (χ1n) is 10.4. The minimum atomic E-state index is -3.41. The van der Waals surface area contributed by atoms with Gasteiger partial charge < -0.3 is 10.3 Å². The molecule has 5 aromatic rings. The van der Waals surface area contributed by atoms with Gasteiger partial charge >= 0.3 is 0 Å². The Kier molecular flexibility index (Phi) is 5.02. The number of rotatable bonds is 5. The van der Waals surface area contributed by atoms with Gasteiger partial charge in [0.25, 0.3) is 0 Å². The average molecular weight is 454 g/mol. The maximum atomic E-state index is 12.4. The zero-order chi connectivity index (χ0) is 23.2. The van der Waals surface area contributed by atoms with E-state index in [1.54, 1.807) is 24.3 Å². The highest BCUT2D eigenvalue weighted by Gasteiger charge is 2.19. The van der Waals surface area contributed by atoms with Crippen molar-refractivity contribution in [3.05, 3.63) is 102 Å². The van der Waals surface area contributed by atoms with E-state index in [0.717, 1.165) is 32.9 Å². The molecule has 1 aromatic heterocycles. The molecule has 0 aliphatic heterocycles. The number of nitrogens with zero attached hydrogens (tertiary/aromatic N) is 1. The molecule has 5 rings (SSSR count). The summed E-state index contributed by atoms with van der Waals surface area (Å²) in [5.74, 6) is -0.517. The van der Waals surface area contributed by atoms with Crippen LogP contribution in [0.2, 0.25) is 0 Å². The lowest BCUT2D eigenvalue weighted by Crippen LogP contribution is -2.11. The Bertz CT molecular complexity index is 1630. The van der Waals surface area contributed by atoms with Crippen LogP contribution in [0.3, 0.4) is 0 Å². The van der Waals surface area contributed by atoms with Crippen LogP contribution in [0.4, 0.5) is 0 Å². The van der Waals surface area contributed by atoms with Crippen LogP contribution in [0.5, 0.6) is 0 Å². The molecular weight excluding hydrogens is 432 g/mol. The molecule has 0 aliphatic rings. The first kappa shape index (κ1) is 21.0. The van der Waals surface area contributed by atoms with Gasteiger partial charge in [0.15, 0.2) is 9.84 Å². The number of primary amides is 1. The van der Waals surface area contributed by atoms with E-state index in [9.17, 15) is 13.2 Å². The van der Waals surface area contributed by atoms with Gasteiger partial charge in [-0.3, -0.25) is 4.79 Å². The topological polar surface area (TPSA) is 82.2 Å². The van der Waals surface area contributed by atoms with E-state index in [2.05, 4.69) is 12.1 Å². The second kappa shape index (κ2) is 7.90. The van der Waals surface area contributed by atoms with Crippen LogP contribution < -0.4 is 5.73 Å². The van der Waals surface area contributed by atoms with Crippen molar-refractivity contribution in [1.82, 2.24) is 4.57 Å². The van der Waals surface area contributed by atoms with Gasteiger partial charge in [-0.05, 0) is 53.1 Å². The summed E-state index contributed by atoms with van der Waals surface area (Å²) >= 11 is 0. The fourth-order valence-electron chi connectivity index (χ4n) is 4.40. The smallest absolute Gasteiger partial charge is 0.249 e. The first-order chi connectivity index (χ1) is 15.8. The van der Waals surface area contributed by atoms with Crippen LogP contribution in [0.15, 0.2) is 89.8 Å². The van der Waals surface area contributed by atoms with Crippen molar-refractivity contribution in [1.29, 1.82) is 0 Å². The lowest BCUT2D eigenvalue weighted by molar-refractivity contribution is 0.100. The molecule has 0 saturated carbocycles. The van der Waals surface area contributed by atoms with Crippen LogP contribution in [-0.4, -0.2) is 25.1 Å². The van der Waals surface area contributed by atoms with Gasteiger partial charge in [0, 0.05) is 29.1 Å². The van der Waals surface area contributed by atoms with Gasteiger partial charge in [0.1, 0.15) is 0 Å². The summed E-state index contributed by atoms with van der Waals surface area (Å²) in [6.07, 6.45) is 1.21. The number of carbonyl (C=O) groups excluding carboxylic acids is 1. The van der Waals surface area contributed by atoms with Gasteiger partial charge in [-0.15, -0.1) is 0 Å². The van der Waals surface area contributed by atoms with E-state index in [0.29, 0.717) is 17.7 Å². The Morgan fingerprint density at radius 2 is 1.64 bits per heavy atom. The van der Waals surface area contributed by atoms with Gasteiger partial charge in [-0.25, -0.2) is 8.42 Å². The Morgan fingerprint density at radius 1 is 0.909 bits per heavy atom. The molecule has 1 amide bonds. The third-order valence-corrected chi connectivity index (χ3v) is 7.06. The number of hydrogen-bond donors (Lipinski definition) is 1. The number of amides is 1. The Morgan fingerprint density at radius 3 is 2.36 bits per heavy atom. The molecule has 0 saturated heterocycles. The summed E-state index contributed by atoms with van der Waals surface area (Å²) in [7, 11) is -3.41. The highest BCUT2D eigenvalue weighted by molar-refractivity contribution is 7.90. The van der Waals surface area contributed by atoms with Crippen molar-refractivity contribution < 1.29 is 13.2 Å². The molecule has 0 aliphatic carbocycles. The zero-order valence-electron chi connectivity index (χ0n) is 17.9. The standard InChI is InChI=1S/C27H21N2O3S/c1-33(31,32)25-13-6-5-10-20(25)17-29-23-12-7-11-22(27(28)30)26(23)21-15-14-19(16-24(21)29)18-8-3-2-4-9-18/h2-14,16H,17H2,1H3,(H2,28,30). The summed E-state index contributed by atoms with van der Waals surface area (Å²) in [6.45, 7) is 0.317. The van der Waals surface area contributed by atoms with E-state index in [-0.39, 0.29) is 4.90 Å². The molecule has 6 heteroatoms. The van der Waals surface area contributed by atoms with E-state index in [4.69, 9.17) is 5.73 Å². The quantitative estimate of drug-likeness (QED) is 0.414. The number of aromatic nitrogens is 1. The largest absolute Gasteiger partial charge is 0.366 e. The highest BCUT2D eigenvalue weighted by Crippen LogP contribution is 2.35. The van der Waals surface area contributed by atoms with Crippen molar-refractivity contribution in [2.75, 3.05) is 6.26 Å². The van der Waals surface area contributed by atoms with Crippen LogP contribution in [0, 0.1) is 6.07 Å². The summed E-state index contributed by atoms with van der Waals surface area (Å²) in [5.41, 5.74) is 10.4. The monoisotopic (exact) mass is 453 g/mol. The van der Waals surface area contributed by atoms with Gasteiger partial charge in [-0.2, -0.15) is 0 Å². The van der Waals surface area contributed by atoms with Crippen LogP contribution >= 0.6 is 0 Å². The number of carbonyl (C=O) groups is 1. The lowest BCUT2D eigenvalue weighted by Gasteiger charge is -2.12. The van der Waals surface area contributed by atoms with E-state index in [1.165, 1.54) is 6.26 Å². The maximum absolute atomic E-state index is 12.4. The molecule has 0 fully saturated rings. The molecule has 1 radical (unpaired) electrons. The predicted octanol–water partition coefficient (Wildman–Crippen LogP) is 4.81. The molecule has 163 valence electrons. The van der Waals surface area contributed by atoms with Crippen molar-refractivity contribution in [3.8, 4) is 11.1 Å².